The molecule has 2 aliphatic rings. The van der Waals surface area contributed by atoms with Gasteiger partial charge < -0.3 is 19.8 Å². The molecule has 2 N–H and O–H groups in total. The average Bonchev–Trinajstić information content (AvgIpc) is 3.10. The van der Waals surface area contributed by atoms with Crippen molar-refractivity contribution in [1.29, 1.82) is 0 Å². The molecule has 6 nitrogen and oxygen atoms in total. The summed E-state index contributed by atoms with van der Waals surface area (Å²) < 4.78 is 5.48. The minimum atomic E-state index is -0.894. The highest BCUT2D eigenvalue weighted by Gasteiger charge is 2.26. The second kappa shape index (κ2) is 8.70. The first-order valence-electron chi connectivity index (χ1n) is 10.3. The SMILES string of the molecule is O=C(O)NC1CCC(CCN2CCC(c3noc4cc(Cl)ccc34)CC2)CC1. The molecule has 2 fully saturated rings. The first-order valence-corrected chi connectivity index (χ1v) is 10.7. The number of likely N-dealkylation sites (tertiary alicyclic amines) is 1. The van der Waals surface area contributed by atoms with Gasteiger partial charge in [-0.25, -0.2) is 4.79 Å². The third-order valence-electron chi connectivity index (χ3n) is 6.46. The predicted octanol–water partition coefficient (Wildman–Crippen LogP) is 4.88. The van der Waals surface area contributed by atoms with Gasteiger partial charge in [-0.1, -0.05) is 16.8 Å². The van der Waals surface area contributed by atoms with Crippen molar-refractivity contribution in [3.05, 3.63) is 28.9 Å². The van der Waals surface area contributed by atoms with Gasteiger partial charge in [0.2, 0.25) is 0 Å². The standard InChI is InChI=1S/C21H28ClN3O3/c22-16-3-6-18-19(13-16)28-24-20(18)15-8-11-25(12-9-15)10-7-14-1-4-17(5-2-14)23-21(26)27/h3,6,13-15,17,23H,1-2,4-5,7-12H2,(H,26,27). The molecule has 0 unspecified atom stereocenters. The molecule has 1 aromatic heterocycles. The summed E-state index contributed by atoms with van der Waals surface area (Å²) in [6.45, 7) is 3.34. The summed E-state index contributed by atoms with van der Waals surface area (Å²) in [6, 6.07) is 5.91. The Kier molecular flexibility index (Phi) is 6.07. The van der Waals surface area contributed by atoms with Gasteiger partial charge in [-0.3, -0.25) is 0 Å². The number of halogens is 1. The Morgan fingerprint density at radius 2 is 1.96 bits per heavy atom. The number of aromatic nitrogens is 1. The van der Waals surface area contributed by atoms with Crippen LogP contribution >= 0.6 is 11.6 Å². The number of hydrogen-bond donors (Lipinski definition) is 2. The van der Waals surface area contributed by atoms with E-state index < -0.39 is 6.09 Å². The maximum Gasteiger partial charge on any atom is 0.404 e. The summed E-state index contributed by atoms with van der Waals surface area (Å²) in [5.74, 6) is 1.19. The molecule has 28 heavy (non-hydrogen) atoms. The van der Waals surface area contributed by atoms with E-state index in [1.54, 1.807) is 0 Å². The van der Waals surface area contributed by atoms with Gasteiger partial charge in [0.25, 0.3) is 0 Å². The molecule has 0 bridgehead atoms. The Morgan fingerprint density at radius 1 is 1.21 bits per heavy atom. The van der Waals surface area contributed by atoms with Gasteiger partial charge in [0.05, 0.1) is 5.69 Å². The van der Waals surface area contributed by atoms with Crippen molar-refractivity contribution in [1.82, 2.24) is 15.4 Å². The van der Waals surface area contributed by atoms with Crippen molar-refractivity contribution in [2.45, 2.75) is 56.9 Å². The van der Waals surface area contributed by atoms with E-state index in [1.807, 2.05) is 18.2 Å². The molecule has 2 heterocycles. The first kappa shape index (κ1) is 19.5. The normalized spacial score (nSPS) is 24.5. The third-order valence-corrected chi connectivity index (χ3v) is 6.70. The Balaban J connectivity index is 1.22. The Hall–Kier alpha value is -1.79. The van der Waals surface area contributed by atoms with Crippen LogP contribution in [0.15, 0.2) is 22.7 Å². The minimum Gasteiger partial charge on any atom is -0.465 e. The second-order valence-corrected chi connectivity index (χ2v) is 8.72. The number of nitrogens with zero attached hydrogens (tertiary/aromatic N) is 2. The molecule has 1 aliphatic carbocycles. The molecule has 1 saturated heterocycles. The third kappa shape index (κ3) is 4.61. The number of fused-ring (bicyclic) bond motifs is 1. The number of rotatable bonds is 5. The molecule has 0 radical (unpaired) electrons. The second-order valence-electron chi connectivity index (χ2n) is 8.28. The topological polar surface area (TPSA) is 78.6 Å². The summed E-state index contributed by atoms with van der Waals surface area (Å²) in [7, 11) is 0. The zero-order chi connectivity index (χ0) is 19.5. The number of amides is 1. The molecular weight excluding hydrogens is 378 g/mol. The van der Waals surface area contributed by atoms with Crippen molar-refractivity contribution < 1.29 is 14.4 Å². The number of nitrogens with one attached hydrogen (secondary N) is 1. The number of carboxylic acid groups (broad SMARTS) is 1. The van der Waals surface area contributed by atoms with Crippen LogP contribution in [0, 0.1) is 5.92 Å². The Labute approximate surface area is 170 Å². The van der Waals surface area contributed by atoms with Gasteiger partial charge >= 0.3 is 6.09 Å². The lowest BCUT2D eigenvalue weighted by Gasteiger charge is -2.33. The fourth-order valence-electron chi connectivity index (χ4n) is 4.79. The number of hydrogen-bond acceptors (Lipinski definition) is 4. The van der Waals surface area contributed by atoms with Crippen LogP contribution in [0.5, 0.6) is 0 Å². The fourth-order valence-corrected chi connectivity index (χ4v) is 4.95. The van der Waals surface area contributed by atoms with E-state index >= 15 is 0 Å². The van der Waals surface area contributed by atoms with E-state index in [0.29, 0.717) is 10.9 Å². The first-order chi connectivity index (χ1) is 13.6. The maximum atomic E-state index is 10.7. The van der Waals surface area contributed by atoms with Gasteiger partial charge in [-0.05, 0) is 82.6 Å². The largest absolute Gasteiger partial charge is 0.465 e. The summed E-state index contributed by atoms with van der Waals surface area (Å²) in [4.78, 5) is 13.3. The van der Waals surface area contributed by atoms with Crippen LogP contribution in [0.3, 0.4) is 0 Å². The van der Waals surface area contributed by atoms with Crippen LogP contribution in [-0.2, 0) is 0 Å². The van der Waals surface area contributed by atoms with E-state index in [2.05, 4.69) is 15.4 Å². The molecule has 0 spiro atoms. The van der Waals surface area contributed by atoms with Crippen molar-refractivity contribution >= 4 is 28.7 Å². The van der Waals surface area contributed by atoms with Gasteiger partial charge in [0, 0.05) is 28.4 Å². The Bertz CT molecular complexity index is 808. The lowest BCUT2D eigenvalue weighted by Crippen LogP contribution is -2.38. The van der Waals surface area contributed by atoms with Crippen LogP contribution in [0.2, 0.25) is 5.02 Å². The van der Waals surface area contributed by atoms with Gasteiger partial charge in [-0.2, -0.15) is 0 Å². The van der Waals surface area contributed by atoms with Gasteiger partial charge in [-0.15, -0.1) is 0 Å². The lowest BCUT2D eigenvalue weighted by molar-refractivity contribution is 0.171. The summed E-state index contributed by atoms with van der Waals surface area (Å²) >= 11 is 6.04. The molecule has 2 aromatic rings. The molecule has 0 atom stereocenters. The van der Waals surface area contributed by atoms with Crippen molar-refractivity contribution in [2.24, 2.45) is 5.92 Å². The average molecular weight is 406 g/mol. The van der Waals surface area contributed by atoms with Crippen LogP contribution < -0.4 is 5.32 Å². The smallest absolute Gasteiger partial charge is 0.404 e. The molecular formula is C21H28ClN3O3. The highest BCUT2D eigenvalue weighted by molar-refractivity contribution is 6.31. The molecule has 1 aliphatic heterocycles. The van der Waals surface area contributed by atoms with E-state index in [9.17, 15) is 4.79 Å². The molecule has 7 heteroatoms. The zero-order valence-corrected chi connectivity index (χ0v) is 16.8. The quantitative estimate of drug-likeness (QED) is 0.741. The summed E-state index contributed by atoms with van der Waals surface area (Å²) in [6.07, 6.45) is 6.76. The maximum absolute atomic E-state index is 10.7. The van der Waals surface area contributed by atoms with E-state index in [0.717, 1.165) is 80.7 Å². The highest BCUT2D eigenvalue weighted by Crippen LogP contribution is 2.34. The van der Waals surface area contributed by atoms with Crippen LogP contribution in [0.4, 0.5) is 4.79 Å². The van der Waals surface area contributed by atoms with Gasteiger partial charge in [0.1, 0.15) is 0 Å². The molecule has 1 amide bonds. The van der Waals surface area contributed by atoms with Crippen molar-refractivity contribution in [3.8, 4) is 0 Å². The number of piperidine rings is 1. The van der Waals surface area contributed by atoms with Crippen molar-refractivity contribution in [2.75, 3.05) is 19.6 Å². The lowest BCUT2D eigenvalue weighted by atomic mass is 9.84. The van der Waals surface area contributed by atoms with Crippen molar-refractivity contribution in [3.63, 3.8) is 0 Å². The zero-order valence-electron chi connectivity index (χ0n) is 16.1. The number of carbonyl (C=O) groups is 1. The molecule has 1 saturated carbocycles. The fraction of sp³-hybridized carbons (Fsp3) is 0.619. The monoisotopic (exact) mass is 405 g/mol. The van der Waals surface area contributed by atoms with Crippen LogP contribution in [0.1, 0.15) is 56.6 Å². The van der Waals surface area contributed by atoms with Crippen LogP contribution in [-0.4, -0.2) is 46.9 Å². The van der Waals surface area contributed by atoms with E-state index in [-0.39, 0.29) is 6.04 Å². The van der Waals surface area contributed by atoms with Crippen LogP contribution in [0.25, 0.3) is 11.0 Å². The van der Waals surface area contributed by atoms with Gasteiger partial charge in [0.15, 0.2) is 5.58 Å². The molecule has 4 rings (SSSR count). The summed E-state index contributed by atoms with van der Waals surface area (Å²) in [5.41, 5.74) is 1.86. The van der Waals surface area contributed by atoms with E-state index in [1.165, 1.54) is 6.42 Å². The summed E-state index contributed by atoms with van der Waals surface area (Å²) in [5, 5.41) is 17.6. The molecule has 152 valence electrons. The molecule has 1 aromatic carbocycles. The minimum absolute atomic E-state index is 0.150. The number of benzene rings is 1. The Morgan fingerprint density at radius 3 is 2.68 bits per heavy atom. The van der Waals surface area contributed by atoms with E-state index in [4.69, 9.17) is 21.2 Å². The highest BCUT2D eigenvalue weighted by atomic mass is 35.5. The predicted molar refractivity (Wildman–Crippen MR) is 109 cm³/mol.